The van der Waals surface area contributed by atoms with Crippen molar-refractivity contribution >= 4 is 5.91 Å². The van der Waals surface area contributed by atoms with E-state index in [0.29, 0.717) is 0 Å². The molecule has 0 aromatic heterocycles. The minimum Gasteiger partial charge on any atom is -0.374 e. The van der Waals surface area contributed by atoms with Gasteiger partial charge < -0.3 is 14.5 Å². The summed E-state index contributed by atoms with van der Waals surface area (Å²) >= 11 is 0. The quantitative estimate of drug-likeness (QED) is 0.756. The number of amides is 1. The molecule has 0 aromatic carbocycles. The van der Waals surface area contributed by atoms with E-state index >= 15 is 0 Å². The van der Waals surface area contributed by atoms with Gasteiger partial charge in [-0.2, -0.15) is 0 Å². The van der Waals surface area contributed by atoms with Gasteiger partial charge in [0.05, 0.1) is 12.7 Å². The molecule has 2 saturated heterocycles. The van der Waals surface area contributed by atoms with E-state index in [2.05, 4.69) is 11.9 Å². The third-order valence-corrected chi connectivity index (χ3v) is 4.06. The van der Waals surface area contributed by atoms with Crippen LogP contribution in [0.25, 0.3) is 0 Å². The molecule has 2 aliphatic heterocycles. The smallest absolute Gasteiger partial charge is 0.225 e. The molecule has 0 spiro atoms. The van der Waals surface area contributed by atoms with Gasteiger partial charge in [0.25, 0.3) is 0 Å². The molecular formula is C14H26N2O2. The summed E-state index contributed by atoms with van der Waals surface area (Å²) < 4.78 is 5.90. The Morgan fingerprint density at radius 2 is 1.89 bits per heavy atom. The maximum absolute atomic E-state index is 11.7. The topological polar surface area (TPSA) is 32.8 Å². The highest BCUT2D eigenvalue weighted by atomic mass is 16.5. The number of piperidine rings is 1. The molecule has 0 atom stereocenters. The van der Waals surface area contributed by atoms with Crippen LogP contribution in [0, 0.1) is 11.8 Å². The number of nitrogens with zero attached hydrogens (tertiary/aromatic N) is 2. The maximum Gasteiger partial charge on any atom is 0.225 e. The van der Waals surface area contributed by atoms with Gasteiger partial charge in [-0.1, -0.05) is 13.8 Å². The second-order valence-corrected chi connectivity index (χ2v) is 6.10. The molecule has 4 nitrogen and oxygen atoms in total. The highest BCUT2D eigenvalue weighted by Crippen LogP contribution is 2.20. The fourth-order valence-corrected chi connectivity index (χ4v) is 2.59. The summed E-state index contributed by atoms with van der Waals surface area (Å²) in [6.45, 7) is 8.76. The van der Waals surface area contributed by atoms with Gasteiger partial charge in [-0.25, -0.2) is 0 Å². The molecule has 0 unspecified atom stereocenters. The van der Waals surface area contributed by atoms with Crippen LogP contribution in [0.1, 0.15) is 26.7 Å². The number of ether oxygens (including phenoxy) is 1. The Morgan fingerprint density at radius 3 is 2.44 bits per heavy atom. The van der Waals surface area contributed by atoms with Gasteiger partial charge >= 0.3 is 0 Å². The average molecular weight is 254 g/mol. The molecule has 4 heteroatoms. The van der Waals surface area contributed by atoms with Crippen LogP contribution in [-0.2, 0) is 9.53 Å². The summed E-state index contributed by atoms with van der Waals surface area (Å²) in [5, 5.41) is 0. The molecule has 0 saturated carbocycles. The summed E-state index contributed by atoms with van der Waals surface area (Å²) in [6.07, 6.45) is 2.78. The van der Waals surface area contributed by atoms with Crippen LogP contribution in [-0.4, -0.2) is 61.6 Å². The highest BCUT2D eigenvalue weighted by molar-refractivity contribution is 5.78. The lowest BCUT2D eigenvalue weighted by atomic mass is 9.98. The molecular weight excluding hydrogens is 228 g/mol. The zero-order valence-corrected chi connectivity index (χ0v) is 11.9. The average Bonchev–Trinajstić information content (AvgIpc) is 2.29. The molecule has 0 N–H and O–H groups in total. The summed E-state index contributed by atoms with van der Waals surface area (Å²) in [4.78, 5) is 16.0. The van der Waals surface area contributed by atoms with Gasteiger partial charge in [0, 0.05) is 19.0 Å². The predicted molar refractivity (Wildman–Crippen MR) is 71.4 cm³/mol. The normalized spacial score (nSPS) is 23.4. The second kappa shape index (κ2) is 6.02. The Kier molecular flexibility index (Phi) is 4.62. The minimum absolute atomic E-state index is 0.111. The van der Waals surface area contributed by atoms with E-state index in [0.717, 1.165) is 25.6 Å². The number of likely N-dealkylation sites (tertiary alicyclic amines) is 2. The molecule has 0 aliphatic carbocycles. The summed E-state index contributed by atoms with van der Waals surface area (Å²) in [5.41, 5.74) is 0. The van der Waals surface area contributed by atoms with Crippen molar-refractivity contribution in [2.24, 2.45) is 11.8 Å². The third kappa shape index (κ3) is 3.45. The third-order valence-electron chi connectivity index (χ3n) is 4.06. The van der Waals surface area contributed by atoms with E-state index < -0.39 is 0 Å². The van der Waals surface area contributed by atoms with E-state index in [1.165, 1.54) is 25.9 Å². The monoisotopic (exact) mass is 254 g/mol. The lowest BCUT2D eigenvalue weighted by Gasteiger charge is -2.41. The first kappa shape index (κ1) is 13.8. The van der Waals surface area contributed by atoms with Crippen LogP contribution in [0.4, 0.5) is 0 Å². The molecule has 2 heterocycles. The van der Waals surface area contributed by atoms with Gasteiger partial charge in [-0.15, -0.1) is 0 Å². The Labute approximate surface area is 110 Å². The number of hydrogen-bond donors (Lipinski definition) is 0. The maximum atomic E-state index is 11.7. The Hall–Kier alpha value is -0.610. The lowest BCUT2D eigenvalue weighted by molar-refractivity contribution is -0.149. The largest absolute Gasteiger partial charge is 0.374 e. The van der Waals surface area contributed by atoms with Gasteiger partial charge in [-0.3, -0.25) is 4.79 Å². The van der Waals surface area contributed by atoms with E-state index in [9.17, 15) is 4.79 Å². The minimum atomic E-state index is 0.111. The molecule has 104 valence electrons. The number of rotatable bonds is 4. The second-order valence-electron chi connectivity index (χ2n) is 6.10. The SMILES string of the molecule is CC(C)C(=O)N1CC(OCC2CCN(C)CC2)C1. The van der Waals surface area contributed by atoms with Gasteiger partial charge in [0.2, 0.25) is 5.91 Å². The first-order valence-electron chi connectivity index (χ1n) is 7.15. The van der Waals surface area contributed by atoms with Crippen molar-refractivity contribution in [3.63, 3.8) is 0 Å². The Balaban J connectivity index is 1.59. The summed E-state index contributed by atoms with van der Waals surface area (Å²) in [6, 6.07) is 0. The molecule has 2 fully saturated rings. The zero-order valence-electron chi connectivity index (χ0n) is 11.9. The highest BCUT2D eigenvalue weighted by Gasteiger charge is 2.32. The van der Waals surface area contributed by atoms with Crippen molar-refractivity contribution in [1.29, 1.82) is 0 Å². The van der Waals surface area contributed by atoms with Crippen molar-refractivity contribution in [2.45, 2.75) is 32.8 Å². The molecule has 0 aromatic rings. The van der Waals surface area contributed by atoms with Gasteiger partial charge in [0.1, 0.15) is 0 Å². The van der Waals surface area contributed by atoms with E-state index in [-0.39, 0.29) is 17.9 Å². The van der Waals surface area contributed by atoms with E-state index in [4.69, 9.17) is 4.74 Å². The van der Waals surface area contributed by atoms with Crippen LogP contribution >= 0.6 is 0 Å². The fraction of sp³-hybridized carbons (Fsp3) is 0.929. The van der Waals surface area contributed by atoms with Crippen molar-refractivity contribution < 1.29 is 9.53 Å². The number of hydrogen-bond acceptors (Lipinski definition) is 3. The summed E-state index contributed by atoms with van der Waals surface area (Å²) in [7, 11) is 2.18. The number of carbonyl (C=O) groups excluding carboxylic acids is 1. The first-order valence-corrected chi connectivity index (χ1v) is 7.15. The van der Waals surface area contributed by atoms with Crippen LogP contribution in [0.2, 0.25) is 0 Å². The fourth-order valence-electron chi connectivity index (χ4n) is 2.59. The van der Waals surface area contributed by atoms with Crippen molar-refractivity contribution in [2.75, 3.05) is 39.8 Å². The van der Waals surface area contributed by atoms with E-state index in [1.54, 1.807) is 0 Å². The first-order chi connectivity index (χ1) is 8.56. The molecule has 2 aliphatic rings. The van der Waals surface area contributed by atoms with Crippen molar-refractivity contribution in [3.05, 3.63) is 0 Å². The predicted octanol–water partition coefficient (Wildman–Crippen LogP) is 1.21. The van der Waals surface area contributed by atoms with Crippen LogP contribution < -0.4 is 0 Å². The standard InChI is InChI=1S/C14H26N2O2/c1-11(2)14(17)16-8-13(9-16)18-10-12-4-6-15(3)7-5-12/h11-13H,4-10H2,1-3H3. The van der Waals surface area contributed by atoms with Gasteiger partial charge in [0.15, 0.2) is 0 Å². The van der Waals surface area contributed by atoms with Crippen LogP contribution in [0.15, 0.2) is 0 Å². The zero-order chi connectivity index (χ0) is 13.1. The van der Waals surface area contributed by atoms with Gasteiger partial charge in [-0.05, 0) is 38.9 Å². The Bertz CT molecular complexity index is 280. The van der Waals surface area contributed by atoms with Crippen molar-refractivity contribution in [3.8, 4) is 0 Å². The number of carbonyl (C=O) groups is 1. The van der Waals surface area contributed by atoms with Crippen LogP contribution in [0.5, 0.6) is 0 Å². The summed E-state index contributed by atoms with van der Waals surface area (Å²) in [5.74, 6) is 1.09. The lowest BCUT2D eigenvalue weighted by Crippen LogP contribution is -2.56. The molecule has 0 radical (unpaired) electrons. The van der Waals surface area contributed by atoms with Crippen LogP contribution in [0.3, 0.4) is 0 Å². The molecule has 0 bridgehead atoms. The molecule has 18 heavy (non-hydrogen) atoms. The van der Waals surface area contributed by atoms with E-state index in [1.807, 2.05) is 18.7 Å². The molecule has 1 amide bonds. The Morgan fingerprint density at radius 1 is 1.28 bits per heavy atom. The van der Waals surface area contributed by atoms with Crippen molar-refractivity contribution in [1.82, 2.24) is 9.80 Å². The molecule has 2 rings (SSSR count).